The molecule has 1 rings (SSSR count). The summed E-state index contributed by atoms with van der Waals surface area (Å²) in [6.45, 7) is 11.5. The summed E-state index contributed by atoms with van der Waals surface area (Å²) in [5, 5.41) is 5.22. The van der Waals surface area contributed by atoms with Gasteiger partial charge in [-0.2, -0.15) is 0 Å². The van der Waals surface area contributed by atoms with E-state index >= 15 is 0 Å². The van der Waals surface area contributed by atoms with Crippen LogP contribution in [0.5, 0.6) is 0 Å². The maximum Gasteiger partial charge on any atom is 0.408 e. The van der Waals surface area contributed by atoms with Crippen molar-refractivity contribution < 1.29 is 19.1 Å². The summed E-state index contributed by atoms with van der Waals surface area (Å²) in [5.74, 6) is -0.512. The molecule has 1 unspecified atom stereocenters. The van der Waals surface area contributed by atoms with Crippen LogP contribution < -0.4 is 10.6 Å². The lowest BCUT2D eigenvalue weighted by Crippen LogP contribution is -2.59. The average Bonchev–Trinajstić information content (AvgIpc) is 2.44. The first kappa shape index (κ1) is 20.3. The topological polar surface area (TPSA) is 87.7 Å². The lowest BCUT2D eigenvalue weighted by atomic mass is 10.0. The lowest BCUT2D eigenvalue weighted by molar-refractivity contribution is -0.138. The van der Waals surface area contributed by atoms with Crippen LogP contribution in [0.2, 0.25) is 0 Å². The van der Waals surface area contributed by atoms with E-state index in [0.29, 0.717) is 0 Å². The van der Waals surface area contributed by atoms with E-state index in [0.717, 1.165) is 32.4 Å². The Morgan fingerprint density at radius 2 is 1.54 bits per heavy atom. The van der Waals surface area contributed by atoms with Gasteiger partial charge in [0, 0.05) is 13.1 Å². The van der Waals surface area contributed by atoms with Crippen LogP contribution in [-0.2, 0) is 14.3 Å². The molecule has 3 amide bonds. The van der Waals surface area contributed by atoms with Crippen molar-refractivity contribution >= 4 is 17.9 Å². The summed E-state index contributed by atoms with van der Waals surface area (Å²) < 4.78 is 5.17. The quantitative estimate of drug-likeness (QED) is 0.816. The minimum atomic E-state index is -1.18. The number of hydrogen-bond donors (Lipinski definition) is 2. The van der Waals surface area contributed by atoms with E-state index in [-0.39, 0.29) is 5.91 Å². The normalized spacial score (nSPS) is 17.0. The number of ether oxygens (including phenoxy) is 1. The molecule has 1 saturated heterocycles. The summed E-state index contributed by atoms with van der Waals surface area (Å²) in [6.07, 6.45) is 2.46. The van der Waals surface area contributed by atoms with E-state index < -0.39 is 29.2 Å². The van der Waals surface area contributed by atoms with Gasteiger partial charge in [0.25, 0.3) is 0 Å². The largest absolute Gasteiger partial charge is 0.444 e. The van der Waals surface area contributed by atoms with E-state index in [1.54, 1.807) is 46.4 Å². The number of nitrogens with zero attached hydrogens (tertiary/aromatic N) is 1. The Kier molecular flexibility index (Phi) is 6.63. The van der Waals surface area contributed by atoms with Crippen LogP contribution in [0.25, 0.3) is 0 Å². The third-order valence-corrected chi connectivity index (χ3v) is 3.77. The van der Waals surface area contributed by atoms with Crippen LogP contribution in [0.4, 0.5) is 4.79 Å². The first-order chi connectivity index (χ1) is 10.9. The molecule has 1 heterocycles. The van der Waals surface area contributed by atoms with E-state index in [4.69, 9.17) is 4.74 Å². The molecule has 1 aliphatic heterocycles. The molecule has 7 heteroatoms. The molecule has 138 valence electrons. The van der Waals surface area contributed by atoms with Gasteiger partial charge >= 0.3 is 6.09 Å². The number of hydrogen-bond acceptors (Lipinski definition) is 4. The van der Waals surface area contributed by atoms with Crippen LogP contribution in [0.1, 0.15) is 60.8 Å². The van der Waals surface area contributed by atoms with Crippen molar-refractivity contribution in [1.29, 1.82) is 0 Å². The minimum Gasteiger partial charge on any atom is -0.444 e. The van der Waals surface area contributed by atoms with E-state index in [1.807, 2.05) is 0 Å². The second-order valence-electron chi connectivity index (χ2n) is 7.83. The van der Waals surface area contributed by atoms with Gasteiger partial charge < -0.3 is 20.3 Å². The van der Waals surface area contributed by atoms with Gasteiger partial charge in [-0.25, -0.2) is 4.79 Å². The molecule has 0 bridgehead atoms. The van der Waals surface area contributed by atoms with Crippen molar-refractivity contribution in [1.82, 2.24) is 15.5 Å². The summed E-state index contributed by atoms with van der Waals surface area (Å²) in [7, 11) is 0. The molecule has 24 heavy (non-hydrogen) atoms. The van der Waals surface area contributed by atoms with E-state index in [1.165, 1.54) is 0 Å². The van der Waals surface area contributed by atoms with Crippen LogP contribution in [0.15, 0.2) is 0 Å². The van der Waals surface area contributed by atoms with Gasteiger partial charge in [0.2, 0.25) is 11.8 Å². The molecular weight excluding hydrogens is 310 g/mol. The van der Waals surface area contributed by atoms with Crippen LogP contribution in [-0.4, -0.2) is 53.1 Å². The van der Waals surface area contributed by atoms with Crippen LogP contribution in [0, 0.1) is 0 Å². The number of likely N-dealkylation sites (tertiary alicyclic amines) is 1. The van der Waals surface area contributed by atoms with Crippen molar-refractivity contribution in [2.24, 2.45) is 0 Å². The molecule has 1 aliphatic rings. The molecule has 0 spiro atoms. The van der Waals surface area contributed by atoms with Gasteiger partial charge in [0.15, 0.2) is 0 Å². The fourth-order valence-corrected chi connectivity index (χ4v) is 2.44. The Morgan fingerprint density at radius 3 is 2.04 bits per heavy atom. The monoisotopic (exact) mass is 341 g/mol. The van der Waals surface area contributed by atoms with Gasteiger partial charge in [-0.05, 0) is 60.8 Å². The first-order valence-corrected chi connectivity index (χ1v) is 8.53. The van der Waals surface area contributed by atoms with E-state index in [9.17, 15) is 14.4 Å². The molecule has 7 nitrogen and oxygen atoms in total. The van der Waals surface area contributed by atoms with Crippen LogP contribution >= 0.6 is 0 Å². The van der Waals surface area contributed by atoms with Crippen molar-refractivity contribution in [3.8, 4) is 0 Å². The maximum atomic E-state index is 12.4. The zero-order valence-corrected chi connectivity index (χ0v) is 15.7. The molecule has 0 aromatic rings. The van der Waals surface area contributed by atoms with Crippen molar-refractivity contribution in [2.45, 2.75) is 78.0 Å². The Morgan fingerprint density at radius 1 is 1.00 bits per heavy atom. The number of nitrogens with one attached hydrogen (secondary N) is 2. The zero-order valence-electron chi connectivity index (χ0n) is 15.7. The first-order valence-electron chi connectivity index (χ1n) is 8.53. The summed E-state index contributed by atoms with van der Waals surface area (Å²) >= 11 is 0. The standard InChI is InChI=1S/C17H31N3O4/c1-12(13(21)20-10-8-7-9-11-20)18-14(22)17(5,6)19-15(23)24-16(2,3)4/h12H,7-11H2,1-6H3,(H,18,22)(H,19,23). The minimum absolute atomic E-state index is 0.0869. The fourth-order valence-electron chi connectivity index (χ4n) is 2.44. The Balaban J connectivity index is 2.57. The molecule has 0 saturated carbocycles. The number of carbonyl (C=O) groups is 3. The highest BCUT2D eigenvalue weighted by molar-refractivity contribution is 5.93. The molecule has 0 aromatic carbocycles. The molecule has 1 fully saturated rings. The smallest absolute Gasteiger partial charge is 0.408 e. The SMILES string of the molecule is CC(NC(=O)C(C)(C)NC(=O)OC(C)(C)C)C(=O)N1CCCCC1. The van der Waals surface area contributed by atoms with Gasteiger partial charge in [0.05, 0.1) is 0 Å². The second-order valence-corrected chi connectivity index (χ2v) is 7.83. The maximum absolute atomic E-state index is 12.4. The third-order valence-electron chi connectivity index (χ3n) is 3.77. The molecule has 1 atom stereocenters. The Labute approximate surface area is 144 Å². The summed E-state index contributed by atoms with van der Waals surface area (Å²) in [4.78, 5) is 38.4. The highest BCUT2D eigenvalue weighted by atomic mass is 16.6. The lowest BCUT2D eigenvalue weighted by Gasteiger charge is -2.32. The Bertz CT molecular complexity index is 477. The van der Waals surface area contributed by atoms with Crippen molar-refractivity contribution in [2.75, 3.05) is 13.1 Å². The van der Waals surface area contributed by atoms with Gasteiger partial charge in [-0.1, -0.05) is 0 Å². The number of carbonyl (C=O) groups excluding carboxylic acids is 3. The fraction of sp³-hybridized carbons (Fsp3) is 0.824. The van der Waals surface area contributed by atoms with Crippen molar-refractivity contribution in [3.63, 3.8) is 0 Å². The third kappa shape index (κ3) is 6.37. The molecule has 2 N–H and O–H groups in total. The number of piperidine rings is 1. The van der Waals surface area contributed by atoms with Gasteiger partial charge in [0.1, 0.15) is 17.2 Å². The predicted octanol–water partition coefficient (Wildman–Crippen LogP) is 1.81. The molecular formula is C17H31N3O4. The average molecular weight is 341 g/mol. The molecule has 0 aromatic heterocycles. The second kappa shape index (κ2) is 7.85. The van der Waals surface area contributed by atoms with E-state index in [2.05, 4.69) is 10.6 Å². The molecule has 0 aliphatic carbocycles. The highest BCUT2D eigenvalue weighted by Crippen LogP contribution is 2.12. The summed E-state index contributed by atoms with van der Waals surface area (Å²) in [6, 6.07) is -0.629. The number of rotatable bonds is 4. The number of alkyl carbamates (subject to hydrolysis) is 1. The van der Waals surface area contributed by atoms with Crippen molar-refractivity contribution in [3.05, 3.63) is 0 Å². The predicted molar refractivity (Wildman–Crippen MR) is 91.5 cm³/mol. The van der Waals surface area contributed by atoms with Gasteiger partial charge in [-0.15, -0.1) is 0 Å². The van der Waals surface area contributed by atoms with Gasteiger partial charge in [-0.3, -0.25) is 9.59 Å². The summed E-state index contributed by atoms with van der Waals surface area (Å²) in [5.41, 5.74) is -1.83. The zero-order chi connectivity index (χ0) is 18.5. The van der Waals surface area contributed by atoms with Crippen LogP contribution in [0.3, 0.4) is 0 Å². The Hall–Kier alpha value is -1.79. The number of amides is 3. The highest BCUT2D eigenvalue weighted by Gasteiger charge is 2.34. The molecule has 0 radical (unpaired) electrons.